The first-order chi connectivity index (χ1) is 12.7. The molecule has 0 aromatic carbocycles. The first-order valence-corrected chi connectivity index (χ1v) is 10.0. The predicted molar refractivity (Wildman–Crippen MR) is 101 cm³/mol. The van der Waals surface area contributed by atoms with Crippen LogP contribution in [0.5, 0.6) is 0 Å². The Morgan fingerprint density at radius 3 is 3.08 bits per heavy atom. The molecule has 0 saturated carbocycles. The van der Waals surface area contributed by atoms with Crippen LogP contribution >= 0.6 is 11.3 Å². The summed E-state index contributed by atoms with van der Waals surface area (Å²) in [4.78, 5) is 30.8. The van der Waals surface area contributed by atoms with Crippen molar-refractivity contribution >= 4 is 38.9 Å². The van der Waals surface area contributed by atoms with Gasteiger partial charge >= 0.3 is 0 Å². The highest BCUT2D eigenvalue weighted by atomic mass is 32.1. The van der Waals surface area contributed by atoms with Crippen LogP contribution in [0.1, 0.15) is 29.8 Å². The molecule has 7 nitrogen and oxygen atoms in total. The van der Waals surface area contributed by atoms with Gasteiger partial charge in [-0.15, -0.1) is 11.3 Å². The van der Waals surface area contributed by atoms with Crippen LogP contribution in [0.3, 0.4) is 0 Å². The van der Waals surface area contributed by atoms with Gasteiger partial charge in [0.25, 0.3) is 5.91 Å². The average Bonchev–Trinajstić information content (AvgIpc) is 3.36. The number of piperazine rings is 1. The Morgan fingerprint density at radius 2 is 2.31 bits per heavy atom. The van der Waals surface area contributed by atoms with Gasteiger partial charge in [0, 0.05) is 48.2 Å². The number of nitrogens with one attached hydrogen (secondary N) is 3. The number of carbonyl (C=O) groups excluding carboxylic acids is 2. The van der Waals surface area contributed by atoms with E-state index in [0.29, 0.717) is 30.9 Å². The van der Waals surface area contributed by atoms with Crippen LogP contribution in [0.2, 0.25) is 0 Å². The predicted octanol–water partition coefficient (Wildman–Crippen LogP) is 0.855. The minimum absolute atomic E-state index is 0.0337. The molecule has 2 aromatic heterocycles. The van der Waals surface area contributed by atoms with E-state index < -0.39 is 0 Å². The summed E-state index contributed by atoms with van der Waals surface area (Å²) in [6.07, 6.45) is 5.11. The van der Waals surface area contributed by atoms with Gasteiger partial charge in [-0.2, -0.15) is 0 Å². The molecule has 3 fully saturated rings. The third-order valence-corrected chi connectivity index (χ3v) is 6.59. The number of hydrogen-bond donors (Lipinski definition) is 3. The molecule has 3 atom stereocenters. The van der Waals surface area contributed by atoms with Crippen LogP contribution in [0.25, 0.3) is 10.1 Å². The highest BCUT2D eigenvalue weighted by Gasteiger charge is 2.39. The van der Waals surface area contributed by atoms with E-state index in [1.54, 1.807) is 17.5 Å². The van der Waals surface area contributed by atoms with E-state index >= 15 is 0 Å². The molecule has 2 aromatic rings. The van der Waals surface area contributed by atoms with Crippen molar-refractivity contribution in [2.75, 3.05) is 24.5 Å². The van der Waals surface area contributed by atoms with Crippen molar-refractivity contribution in [3.05, 3.63) is 23.3 Å². The van der Waals surface area contributed by atoms with E-state index in [2.05, 4.69) is 25.8 Å². The molecule has 0 spiro atoms. The molecular weight excluding hydrogens is 350 g/mol. The second-order valence-corrected chi connectivity index (χ2v) is 8.23. The van der Waals surface area contributed by atoms with E-state index in [4.69, 9.17) is 0 Å². The lowest BCUT2D eigenvalue weighted by Crippen LogP contribution is -2.47. The zero-order valence-corrected chi connectivity index (χ0v) is 15.1. The zero-order chi connectivity index (χ0) is 17.7. The van der Waals surface area contributed by atoms with E-state index in [9.17, 15) is 9.59 Å². The first kappa shape index (κ1) is 16.0. The number of aromatic nitrogens is 1. The van der Waals surface area contributed by atoms with Crippen molar-refractivity contribution in [2.24, 2.45) is 0 Å². The Morgan fingerprint density at radius 1 is 1.38 bits per heavy atom. The standard InChI is InChI=1S/C18H21N5O2S/c24-17-8-23(4-3-19-17)15-9-26-16-7-20-14(6-11(15)16)18(25)22-13-5-10-1-2-12(13)21-10/h6-7,9-10,12-13,21H,1-5,8H2,(H,19,24)(H,22,25)/t10-,12+,13-/m1/s1. The fourth-order valence-corrected chi connectivity index (χ4v) is 5.28. The summed E-state index contributed by atoms with van der Waals surface area (Å²) >= 11 is 1.59. The van der Waals surface area contributed by atoms with Gasteiger partial charge in [-0.1, -0.05) is 0 Å². The number of pyridine rings is 1. The smallest absolute Gasteiger partial charge is 0.270 e. The van der Waals surface area contributed by atoms with Gasteiger partial charge in [0.2, 0.25) is 5.91 Å². The van der Waals surface area contributed by atoms with Gasteiger partial charge in [-0.25, -0.2) is 4.98 Å². The molecule has 0 aliphatic carbocycles. The van der Waals surface area contributed by atoms with Crippen LogP contribution in [0.15, 0.2) is 17.6 Å². The highest BCUT2D eigenvalue weighted by molar-refractivity contribution is 7.17. The van der Waals surface area contributed by atoms with Gasteiger partial charge in [-0.05, 0) is 25.3 Å². The third kappa shape index (κ3) is 2.73. The maximum Gasteiger partial charge on any atom is 0.270 e. The molecule has 0 unspecified atom stereocenters. The van der Waals surface area contributed by atoms with Crippen LogP contribution in [0, 0.1) is 0 Å². The van der Waals surface area contributed by atoms with Crippen molar-refractivity contribution in [3.8, 4) is 0 Å². The number of hydrogen-bond acceptors (Lipinski definition) is 6. The van der Waals surface area contributed by atoms with E-state index in [0.717, 1.165) is 35.2 Å². The lowest BCUT2D eigenvalue weighted by atomic mass is 9.95. The quantitative estimate of drug-likeness (QED) is 0.745. The largest absolute Gasteiger partial charge is 0.359 e. The molecular formula is C18H21N5O2S. The molecule has 136 valence electrons. The maximum absolute atomic E-state index is 12.7. The van der Waals surface area contributed by atoms with Gasteiger partial charge < -0.3 is 20.9 Å². The van der Waals surface area contributed by atoms with E-state index in [1.165, 1.54) is 6.42 Å². The molecule has 3 aliphatic rings. The number of thiophene rings is 1. The Balaban J connectivity index is 1.39. The summed E-state index contributed by atoms with van der Waals surface area (Å²) in [5, 5.41) is 12.6. The van der Waals surface area contributed by atoms with Crippen LogP contribution in [-0.4, -0.2) is 54.6 Å². The summed E-state index contributed by atoms with van der Waals surface area (Å²) < 4.78 is 1.03. The van der Waals surface area contributed by atoms with Crippen molar-refractivity contribution < 1.29 is 9.59 Å². The topological polar surface area (TPSA) is 86.4 Å². The number of carbonyl (C=O) groups is 2. The maximum atomic E-state index is 12.7. The highest BCUT2D eigenvalue weighted by Crippen LogP contribution is 2.33. The Labute approximate surface area is 155 Å². The summed E-state index contributed by atoms with van der Waals surface area (Å²) in [6.45, 7) is 1.77. The summed E-state index contributed by atoms with van der Waals surface area (Å²) in [7, 11) is 0. The summed E-state index contributed by atoms with van der Waals surface area (Å²) in [6, 6.07) is 3.01. The Hall–Kier alpha value is -2.19. The SMILES string of the molecule is O=C1CN(c2csc3cnc(C(=O)N[C@@H]4C[C@H]5CC[C@@H]4N5)cc23)CCN1. The number of anilines is 1. The van der Waals surface area contributed by atoms with Gasteiger partial charge in [0.05, 0.1) is 16.9 Å². The molecule has 5 heterocycles. The molecule has 3 N–H and O–H groups in total. The number of nitrogens with zero attached hydrogens (tertiary/aromatic N) is 2. The molecule has 2 amide bonds. The fourth-order valence-electron chi connectivity index (χ4n) is 4.36. The Bertz CT molecular complexity index is 882. The minimum Gasteiger partial charge on any atom is -0.359 e. The lowest BCUT2D eigenvalue weighted by molar-refractivity contribution is -0.120. The number of rotatable bonds is 3. The second kappa shape index (κ2) is 6.21. The molecule has 5 rings (SSSR count). The van der Waals surface area contributed by atoms with E-state index in [-0.39, 0.29) is 17.9 Å². The van der Waals surface area contributed by atoms with Crippen LogP contribution in [0.4, 0.5) is 5.69 Å². The third-order valence-electron chi connectivity index (χ3n) is 5.67. The zero-order valence-electron chi connectivity index (χ0n) is 14.3. The van der Waals surface area contributed by atoms with Crippen molar-refractivity contribution in [1.82, 2.24) is 20.9 Å². The fraction of sp³-hybridized carbons (Fsp3) is 0.500. The summed E-state index contributed by atoms with van der Waals surface area (Å²) in [5.74, 6) is -0.0776. The molecule has 0 radical (unpaired) electrons. The lowest BCUT2D eigenvalue weighted by Gasteiger charge is -2.28. The average molecular weight is 371 g/mol. The van der Waals surface area contributed by atoms with Crippen molar-refractivity contribution in [1.29, 1.82) is 0 Å². The minimum atomic E-state index is -0.111. The molecule has 3 aliphatic heterocycles. The van der Waals surface area contributed by atoms with Crippen LogP contribution < -0.4 is 20.9 Å². The Kier molecular flexibility index (Phi) is 3.82. The molecule has 3 saturated heterocycles. The van der Waals surface area contributed by atoms with Crippen molar-refractivity contribution in [2.45, 2.75) is 37.4 Å². The molecule has 26 heavy (non-hydrogen) atoms. The summed E-state index contributed by atoms with van der Waals surface area (Å²) in [5.41, 5.74) is 1.46. The van der Waals surface area contributed by atoms with Gasteiger partial charge in [-0.3, -0.25) is 9.59 Å². The van der Waals surface area contributed by atoms with Gasteiger partial charge in [0.1, 0.15) is 5.69 Å². The molecule has 2 bridgehead atoms. The van der Waals surface area contributed by atoms with Gasteiger partial charge in [0.15, 0.2) is 0 Å². The van der Waals surface area contributed by atoms with Crippen LogP contribution in [-0.2, 0) is 4.79 Å². The number of amides is 2. The normalized spacial score (nSPS) is 27.8. The van der Waals surface area contributed by atoms with E-state index in [1.807, 2.05) is 11.4 Å². The monoisotopic (exact) mass is 371 g/mol. The second-order valence-electron chi connectivity index (χ2n) is 7.32. The van der Waals surface area contributed by atoms with Crippen molar-refractivity contribution in [3.63, 3.8) is 0 Å². The first-order valence-electron chi connectivity index (χ1n) is 9.13. The molecule has 8 heteroatoms. The number of fused-ring (bicyclic) bond motifs is 3.